The number of benzene rings is 2. The minimum absolute atomic E-state index is 0.0949. The first-order valence-corrected chi connectivity index (χ1v) is 8.16. The van der Waals surface area contributed by atoms with Gasteiger partial charge < -0.3 is 13.9 Å². The summed E-state index contributed by atoms with van der Waals surface area (Å²) < 4.78 is 16.0. The Morgan fingerprint density at radius 3 is 2.41 bits per heavy atom. The SMILES string of the molecule is COc1cc(C(=O)NNC(=O)c2ccco2)ccc1OCc1ccccc1. The van der Waals surface area contributed by atoms with Gasteiger partial charge in [-0.25, -0.2) is 0 Å². The maximum Gasteiger partial charge on any atom is 0.305 e. The van der Waals surface area contributed by atoms with Crippen LogP contribution in [0.5, 0.6) is 11.5 Å². The molecule has 27 heavy (non-hydrogen) atoms. The van der Waals surface area contributed by atoms with Gasteiger partial charge in [0.1, 0.15) is 6.61 Å². The van der Waals surface area contributed by atoms with Crippen molar-refractivity contribution in [3.63, 3.8) is 0 Å². The van der Waals surface area contributed by atoms with Gasteiger partial charge in [0.2, 0.25) is 0 Å². The monoisotopic (exact) mass is 366 g/mol. The number of carbonyl (C=O) groups excluding carboxylic acids is 2. The van der Waals surface area contributed by atoms with Crippen molar-refractivity contribution in [2.45, 2.75) is 6.61 Å². The van der Waals surface area contributed by atoms with E-state index < -0.39 is 11.8 Å². The van der Waals surface area contributed by atoms with Crippen LogP contribution < -0.4 is 20.3 Å². The molecule has 0 saturated carbocycles. The highest BCUT2D eigenvalue weighted by Gasteiger charge is 2.14. The second-order valence-electron chi connectivity index (χ2n) is 5.53. The third-order valence-electron chi connectivity index (χ3n) is 3.70. The average molecular weight is 366 g/mol. The van der Waals surface area contributed by atoms with Crippen LogP contribution in [0, 0.1) is 0 Å². The standard InChI is InChI=1S/C20H18N2O5/c1-25-18-12-15(19(23)21-22-20(24)17-8-5-11-26-17)9-10-16(18)27-13-14-6-3-2-4-7-14/h2-12H,13H2,1H3,(H,21,23)(H,22,24). The topological polar surface area (TPSA) is 89.8 Å². The average Bonchev–Trinajstić information content (AvgIpc) is 3.26. The van der Waals surface area contributed by atoms with Gasteiger partial charge in [-0.05, 0) is 35.9 Å². The molecule has 0 aliphatic rings. The van der Waals surface area contributed by atoms with E-state index in [1.807, 2.05) is 30.3 Å². The van der Waals surface area contributed by atoms with E-state index in [1.54, 1.807) is 18.2 Å². The summed E-state index contributed by atoms with van der Waals surface area (Å²) in [6.07, 6.45) is 1.37. The van der Waals surface area contributed by atoms with Crippen molar-refractivity contribution >= 4 is 11.8 Å². The van der Waals surface area contributed by atoms with E-state index in [0.29, 0.717) is 23.7 Å². The molecule has 0 fully saturated rings. The van der Waals surface area contributed by atoms with Crippen molar-refractivity contribution in [2.24, 2.45) is 0 Å². The van der Waals surface area contributed by atoms with Gasteiger partial charge >= 0.3 is 5.91 Å². The number of methoxy groups -OCH3 is 1. The molecule has 2 N–H and O–H groups in total. The highest BCUT2D eigenvalue weighted by Crippen LogP contribution is 2.28. The van der Waals surface area contributed by atoms with Crippen LogP contribution >= 0.6 is 0 Å². The predicted molar refractivity (Wildman–Crippen MR) is 97.4 cm³/mol. The van der Waals surface area contributed by atoms with Gasteiger partial charge in [0, 0.05) is 5.56 Å². The molecule has 0 radical (unpaired) electrons. The number of amides is 2. The Morgan fingerprint density at radius 1 is 0.926 bits per heavy atom. The first kappa shape index (κ1) is 18.1. The van der Waals surface area contributed by atoms with Gasteiger partial charge in [-0.15, -0.1) is 0 Å². The number of hydrogen-bond donors (Lipinski definition) is 2. The van der Waals surface area contributed by atoms with Gasteiger partial charge in [-0.2, -0.15) is 0 Å². The highest BCUT2D eigenvalue weighted by atomic mass is 16.5. The molecule has 2 amide bonds. The zero-order valence-corrected chi connectivity index (χ0v) is 14.6. The fourth-order valence-corrected chi connectivity index (χ4v) is 2.32. The number of carbonyl (C=O) groups is 2. The molecule has 7 nitrogen and oxygen atoms in total. The number of hydrogen-bond acceptors (Lipinski definition) is 5. The van der Waals surface area contributed by atoms with Crippen LogP contribution in [-0.4, -0.2) is 18.9 Å². The summed E-state index contributed by atoms with van der Waals surface area (Å²) in [6, 6.07) is 17.5. The molecule has 7 heteroatoms. The van der Waals surface area contributed by atoms with Crippen LogP contribution in [0.2, 0.25) is 0 Å². The summed E-state index contributed by atoms with van der Waals surface area (Å²) in [5.41, 5.74) is 5.92. The Kier molecular flexibility index (Phi) is 5.73. The number of hydrazine groups is 1. The maximum absolute atomic E-state index is 12.2. The molecule has 3 rings (SSSR count). The summed E-state index contributed by atoms with van der Waals surface area (Å²) >= 11 is 0. The summed E-state index contributed by atoms with van der Waals surface area (Å²) in [5.74, 6) is -0.0306. The Hall–Kier alpha value is -3.74. The van der Waals surface area contributed by atoms with E-state index in [2.05, 4.69) is 10.9 Å². The zero-order chi connectivity index (χ0) is 19.1. The predicted octanol–water partition coefficient (Wildman–Crippen LogP) is 2.94. The molecule has 0 atom stereocenters. The van der Waals surface area contributed by atoms with Crippen LogP contribution in [0.3, 0.4) is 0 Å². The molecule has 0 saturated heterocycles. The van der Waals surface area contributed by atoms with E-state index in [-0.39, 0.29) is 5.76 Å². The van der Waals surface area contributed by atoms with Gasteiger partial charge in [0.05, 0.1) is 13.4 Å². The van der Waals surface area contributed by atoms with Crippen LogP contribution in [0.25, 0.3) is 0 Å². The minimum atomic E-state index is -0.553. The van der Waals surface area contributed by atoms with E-state index in [4.69, 9.17) is 13.9 Å². The molecule has 2 aromatic carbocycles. The van der Waals surface area contributed by atoms with Crippen molar-refractivity contribution < 1.29 is 23.5 Å². The van der Waals surface area contributed by atoms with Crippen molar-refractivity contribution in [1.82, 2.24) is 10.9 Å². The summed E-state index contributed by atoms with van der Waals surface area (Å²) in [4.78, 5) is 24.0. The fraction of sp³-hybridized carbons (Fsp3) is 0.100. The zero-order valence-electron chi connectivity index (χ0n) is 14.6. The van der Waals surface area contributed by atoms with Crippen LogP contribution in [0.1, 0.15) is 26.5 Å². The lowest BCUT2D eigenvalue weighted by molar-refractivity contribution is 0.0830. The Morgan fingerprint density at radius 2 is 1.70 bits per heavy atom. The molecular formula is C20H18N2O5. The van der Waals surface area contributed by atoms with Crippen molar-refractivity contribution in [3.05, 3.63) is 83.8 Å². The minimum Gasteiger partial charge on any atom is -0.493 e. The molecule has 138 valence electrons. The Balaban J connectivity index is 1.62. The van der Waals surface area contributed by atoms with Crippen molar-refractivity contribution in [3.8, 4) is 11.5 Å². The number of ether oxygens (including phenoxy) is 2. The Labute approximate surface area is 155 Å². The van der Waals surface area contributed by atoms with Gasteiger partial charge in [-0.1, -0.05) is 30.3 Å². The van der Waals surface area contributed by atoms with Crippen LogP contribution in [-0.2, 0) is 6.61 Å². The molecular weight excluding hydrogens is 348 g/mol. The first-order valence-electron chi connectivity index (χ1n) is 8.16. The first-order chi connectivity index (χ1) is 13.2. The van der Waals surface area contributed by atoms with E-state index in [1.165, 1.54) is 25.5 Å². The van der Waals surface area contributed by atoms with E-state index >= 15 is 0 Å². The molecule has 1 aromatic heterocycles. The summed E-state index contributed by atoms with van der Waals surface area (Å²) in [6.45, 7) is 0.377. The third kappa shape index (κ3) is 4.66. The fourth-order valence-electron chi connectivity index (χ4n) is 2.32. The van der Waals surface area contributed by atoms with Gasteiger partial charge in [0.25, 0.3) is 5.91 Å². The summed E-state index contributed by atoms with van der Waals surface area (Å²) in [5, 5.41) is 0. The summed E-state index contributed by atoms with van der Waals surface area (Å²) in [7, 11) is 1.49. The molecule has 0 spiro atoms. The van der Waals surface area contributed by atoms with Gasteiger partial charge in [-0.3, -0.25) is 20.4 Å². The lowest BCUT2D eigenvalue weighted by Gasteiger charge is -2.12. The molecule has 3 aromatic rings. The smallest absolute Gasteiger partial charge is 0.305 e. The van der Waals surface area contributed by atoms with Crippen molar-refractivity contribution in [1.29, 1.82) is 0 Å². The largest absolute Gasteiger partial charge is 0.493 e. The molecule has 0 aliphatic heterocycles. The van der Waals surface area contributed by atoms with E-state index in [9.17, 15) is 9.59 Å². The molecule has 0 aliphatic carbocycles. The second kappa shape index (κ2) is 8.57. The van der Waals surface area contributed by atoms with Crippen LogP contribution in [0.4, 0.5) is 0 Å². The lowest BCUT2D eigenvalue weighted by atomic mass is 10.2. The molecule has 0 unspecified atom stereocenters. The third-order valence-corrected chi connectivity index (χ3v) is 3.70. The number of nitrogens with one attached hydrogen (secondary N) is 2. The number of furan rings is 1. The van der Waals surface area contributed by atoms with Crippen LogP contribution in [0.15, 0.2) is 71.3 Å². The Bertz CT molecular complexity index is 907. The quantitative estimate of drug-likeness (QED) is 0.655. The molecule has 1 heterocycles. The second-order valence-corrected chi connectivity index (χ2v) is 5.53. The molecule has 0 bridgehead atoms. The normalized spacial score (nSPS) is 10.1. The van der Waals surface area contributed by atoms with Gasteiger partial charge in [0.15, 0.2) is 17.3 Å². The number of rotatable bonds is 6. The lowest BCUT2D eigenvalue weighted by Crippen LogP contribution is -2.41. The highest BCUT2D eigenvalue weighted by molar-refractivity contribution is 5.98. The maximum atomic E-state index is 12.2. The van der Waals surface area contributed by atoms with E-state index in [0.717, 1.165) is 5.56 Å². The van der Waals surface area contributed by atoms with Crippen molar-refractivity contribution in [2.75, 3.05) is 7.11 Å².